The van der Waals surface area contributed by atoms with Crippen molar-refractivity contribution in [1.29, 1.82) is 5.26 Å². The van der Waals surface area contributed by atoms with E-state index in [1.807, 2.05) is 26.8 Å². The zero-order valence-corrected chi connectivity index (χ0v) is 30.1. The van der Waals surface area contributed by atoms with E-state index in [1.54, 1.807) is 0 Å². The Bertz CT molecular complexity index is 1820. The van der Waals surface area contributed by atoms with Crippen LogP contribution in [-0.2, 0) is 24.3 Å². The minimum absolute atomic E-state index is 0.0189. The molecule has 7 rings (SSSR count). The van der Waals surface area contributed by atoms with Crippen molar-refractivity contribution in [2.45, 2.75) is 104 Å². The lowest BCUT2D eigenvalue weighted by Crippen LogP contribution is -2.87. The lowest BCUT2D eigenvalue weighted by atomic mass is 9.28. The molecule has 1 aliphatic heterocycles. The van der Waals surface area contributed by atoms with E-state index in [0.29, 0.717) is 22.0 Å². The smallest absolute Gasteiger partial charge is 0.390 e. The van der Waals surface area contributed by atoms with Crippen molar-refractivity contribution in [2.75, 3.05) is 18.8 Å². The molecule has 3 aliphatic carbocycles. The number of carbonyl (C=O) groups is 1. The number of hydrogen-bond acceptors (Lipinski definition) is 7. The highest BCUT2D eigenvalue weighted by Gasteiger charge is 2.79. The van der Waals surface area contributed by atoms with Crippen molar-refractivity contribution in [3.05, 3.63) is 51.5 Å². The number of aryl methyl sites for hydroxylation is 1. The number of halogens is 3. The number of nitrogen functional groups attached to an aromatic ring is 1. The second kappa shape index (κ2) is 12.7. The van der Waals surface area contributed by atoms with Crippen LogP contribution in [0.4, 0.5) is 18.2 Å². The second-order valence-electron chi connectivity index (χ2n) is 15.2. The molecule has 264 valence electrons. The van der Waals surface area contributed by atoms with Crippen molar-refractivity contribution in [2.24, 2.45) is 33.9 Å². The van der Waals surface area contributed by atoms with Crippen LogP contribution < -0.4 is 16.8 Å². The lowest BCUT2D eigenvalue weighted by molar-refractivity contribution is -0.285. The van der Waals surface area contributed by atoms with Crippen molar-refractivity contribution in [1.82, 2.24) is 14.8 Å². The number of alkyl halides is 3. The number of thiophene rings is 1. The number of amides is 1. The summed E-state index contributed by atoms with van der Waals surface area (Å²) in [4.78, 5) is 20.3. The molecule has 1 aromatic carbocycles. The highest BCUT2D eigenvalue weighted by molar-refractivity contribution is 7.16. The summed E-state index contributed by atoms with van der Waals surface area (Å²) in [6.45, 7) is 15.6. The van der Waals surface area contributed by atoms with Crippen LogP contribution >= 0.6 is 11.3 Å². The maximum Gasteiger partial charge on any atom is 0.393 e. The van der Waals surface area contributed by atoms with E-state index in [-0.39, 0.29) is 45.5 Å². The molecule has 12 heteroatoms. The summed E-state index contributed by atoms with van der Waals surface area (Å²) in [6, 6.07) is 9.91. The largest absolute Gasteiger partial charge is 0.393 e. The highest BCUT2D eigenvalue weighted by atomic mass is 32.1. The van der Waals surface area contributed by atoms with Crippen LogP contribution in [0.3, 0.4) is 0 Å². The van der Waals surface area contributed by atoms with Gasteiger partial charge in [0, 0.05) is 64.2 Å². The van der Waals surface area contributed by atoms with Gasteiger partial charge in [-0.3, -0.25) is 14.7 Å². The molecule has 4 fully saturated rings. The minimum atomic E-state index is -4.27. The molecule has 2 aromatic heterocycles. The first-order valence-corrected chi connectivity index (χ1v) is 18.1. The number of carbonyl (C=O) groups excluding carboxylic acids is 1. The summed E-state index contributed by atoms with van der Waals surface area (Å²) < 4.78 is 40.8. The van der Waals surface area contributed by atoms with Crippen molar-refractivity contribution < 1.29 is 18.0 Å². The molecule has 3 heterocycles. The fourth-order valence-electron chi connectivity index (χ4n) is 8.85. The van der Waals surface area contributed by atoms with E-state index in [0.717, 1.165) is 67.7 Å². The zero-order chi connectivity index (χ0) is 35.6. The van der Waals surface area contributed by atoms with Crippen molar-refractivity contribution in [3.63, 3.8) is 0 Å². The number of nitriles is 1. The van der Waals surface area contributed by atoms with Crippen molar-refractivity contribution >= 4 is 38.9 Å². The molecular weight excluding hydrogens is 648 g/mol. The summed E-state index contributed by atoms with van der Waals surface area (Å²) in [5, 5.41) is 14.9. The Morgan fingerprint density at radius 3 is 2.47 bits per heavy atom. The molecule has 3 aromatic rings. The number of nitrogens with zero attached hydrogens (tertiary/aromatic N) is 4. The van der Waals surface area contributed by atoms with E-state index < -0.39 is 18.6 Å². The van der Waals surface area contributed by atoms with Gasteiger partial charge in [-0.1, -0.05) is 33.8 Å². The van der Waals surface area contributed by atoms with E-state index >= 15 is 0 Å². The minimum Gasteiger partial charge on any atom is -0.390 e. The number of hydrogen-bond donors (Lipinski definition) is 3. The van der Waals surface area contributed by atoms with Crippen molar-refractivity contribution in [3.8, 4) is 6.07 Å². The normalized spacial score (nSPS) is 26.8. The van der Waals surface area contributed by atoms with Crippen LogP contribution in [0.15, 0.2) is 29.3 Å². The number of likely N-dealkylation sites (tertiary alicyclic amines) is 1. The Hall–Kier alpha value is -3.40. The van der Waals surface area contributed by atoms with Crippen LogP contribution in [0.25, 0.3) is 10.9 Å². The predicted octanol–water partition coefficient (Wildman–Crippen LogP) is 6.56. The van der Waals surface area contributed by atoms with Gasteiger partial charge in [-0.15, -0.1) is 11.3 Å². The van der Waals surface area contributed by atoms with Gasteiger partial charge in [-0.2, -0.15) is 18.4 Å². The van der Waals surface area contributed by atoms with Gasteiger partial charge < -0.3 is 21.4 Å². The summed E-state index contributed by atoms with van der Waals surface area (Å²) in [7, 11) is 0. The Labute approximate surface area is 290 Å². The van der Waals surface area contributed by atoms with Gasteiger partial charge in [0.25, 0.3) is 0 Å². The third kappa shape index (κ3) is 6.16. The molecular formula is C37H48F3N7OS. The van der Waals surface area contributed by atoms with Crippen LogP contribution in [0, 0.1) is 41.4 Å². The predicted molar refractivity (Wildman–Crippen MR) is 189 cm³/mol. The number of fused-ring (bicyclic) bond motifs is 1. The number of aromatic nitrogens is 1. The summed E-state index contributed by atoms with van der Waals surface area (Å²) >= 11 is 0.983. The first-order valence-electron chi connectivity index (χ1n) is 17.3. The monoisotopic (exact) mass is 695 g/mol. The van der Waals surface area contributed by atoms with Crippen LogP contribution in [-0.4, -0.2) is 58.0 Å². The van der Waals surface area contributed by atoms with E-state index in [9.17, 15) is 23.2 Å². The average Bonchev–Trinajstić information content (AvgIpc) is 3.60. The lowest BCUT2D eigenvalue weighted by Gasteiger charge is -2.80. The van der Waals surface area contributed by atoms with Gasteiger partial charge in [-0.25, -0.2) is 0 Å². The Morgan fingerprint density at radius 1 is 1.20 bits per heavy atom. The maximum absolute atomic E-state index is 12.9. The van der Waals surface area contributed by atoms with Gasteiger partial charge in [-0.05, 0) is 80.2 Å². The molecule has 2 bridgehead atoms. The number of anilines is 1. The molecule has 3 atom stereocenters. The molecule has 8 nitrogen and oxygen atoms in total. The van der Waals surface area contributed by atoms with Gasteiger partial charge in [0.15, 0.2) is 0 Å². The number of nitrogens with one attached hydrogen (secondary N) is 1. The van der Waals surface area contributed by atoms with Crippen LogP contribution in [0.2, 0.25) is 0 Å². The number of nitrogens with two attached hydrogens (primary N) is 2. The van der Waals surface area contributed by atoms with E-state index in [2.05, 4.69) is 53.8 Å². The zero-order valence-electron chi connectivity index (χ0n) is 29.2. The number of rotatable bonds is 10. The van der Waals surface area contributed by atoms with Gasteiger partial charge in [0.2, 0.25) is 5.91 Å². The first-order chi connectivity index (χ1) is 23.0. The highest BCUT2D eigenvalue weighted by Crippen LogP contribution is 2.75. The number of benzene rings is 1. The third-order valence-corrected chi connectivity index (χ3v) is 13.2. The maximum atomic E-state index is 12.9. The number of piperidine rings is 1. The summed E-state index contributed by atoms with van der Waals surface area (Å²) in [5.41, 5.74) is 17.4. The molecule has 1 saturated heterocycles. The molecule has 5 N–H and O–H groups in total. The summed E-state index contributed by atoms with van der Waals surface area (Å²) in [6.07, 6.45) is -2.64. The Balaban J connectivity index is 1.10. The van der Waals surface area contributed by atoms with E-state index in [4.69, 9.17) is 16.5 Å². The fraction of sp³-hybridized carbons (Fsp3) is 0.595. The number of aliphatic imine (C=N–C) groups is 1. The van der Waals surface area contributed by atoms with Crippen LogP contribution in [0.5, 0.6) is 0 Å². The molecule has 4 aliphatic rings. The Morgan fingerprint density at radius 2 is 1.88 bits per heavy atom. The molecule has 3 unspecified atom stereocenters. The quantitative estimate of drug-likeness (QED) is 0.207. The molecule has 1 amide bonds. The standard InChI is InChI=1S/C37H48F3N7OS/c1-20(2)32(42)34(48)45-36-18-35(23(36)5,24(36)6)19-47-27(16-41)13-29-21(3)25(7-8-31(29)47)17-46-11-9-26(10-12-46)44-22(4)30-14-28(49-33(30)43)15-37(38,39)40/h7-8,13-14,20,23-24,26,32H,9-12,15,17-19,42-43H2,1-6H3,(H,45,48). The topological polar surface area (TPSA) is 125 Å². The third-order valence-electron chi connectivity index (χ3n) is 12.2. The Kier molecular flexibility index (Phi) is 9.21. The first kappa shape index (κ1) is 35.4. The van der Waals surface area contributed by atoms with Gasteiger partial charge in [0.05, 0.1) is 23.5 Å². The van der Waals surface area contributed by atoms with Gasteiger partial charge >= 0.3 is 6.18 Å². The molecule has 0 spiro atoms. The summed E-state index contributed by atoms with van der Waals surface area (Å²) in [5.74, 6) is 0.567. The SMILES string of the molecule is CC(=NC1CCN(Cc2ccc3c(cc(C#N)n3CC34CC(NC(=O)C(N)C(C)C)(C3C)C4C)c2C)CC1)c1cc(CC(F)(F)F)sc1N. The molecule has 0 radical (unpaired) electrons. The van der Waals surface area contributed by atoms with Crippen LogP contribution in [0.1, 0.15) is 81.1 Å². The second-order valence-corrected chi connectivity index (χ2v) is 16.3. The molecule has 49 heavy (non-hydrogen) atoms. The van der Waals surface area contributed by atoms with Gasteiger partial charge in [0.1, 0.15) is 11.8 Å². The molecule has 3 saturated carbocycles. The fourth-order valence-corrected chi connectivity index (χ4v) is 9.86. The van der Waals surface area contributed by atoms with E-state index in [1.165, 1.54) is 17.2 Å². The average molecular weight is 696 g/mol.